The smallest absolute Gasteiger partial charge is 0.287 e. The molecule has 0 bridgehead atoms. The Morgan fingerprint density at radius 2 is 1.42 bits per heavy atom. The quantitative estimate of drug-likeness (QED) is 0.538. The normalized spacial score (nSPS) is 18.0. The lowest BCUT2D eigenvalue weighted by atomic mass is 9.74. The molecule has 0 saturated heterocycles. The minimum absolute atomic E-state index is 0.0408. The van der Waals surface area contributed by atoms with E-state index in [0.717, 1.165) is 11.6 Å². The number of para-hydroxylation sites is 1. The highest BCUT2D eigenvalue weighted by Crippen LogP contribution is 2.39. The Balaban J connectivity index is 2.67. The molecule has 0 fully saturated rings. The van der Waals surface area contributed by atoms with E-state index in [4.69, 9.17) is 0 Å². The van der Waals surface area contributed by atoms with Crippen molar-refractivity contribution in [2.24, 2.45) is 15.8 Å². The number of nitrogens with zero attached hydrogens (tertiary/aromatic N) is 1. The van der Waals surface area contributed by atoms with Crippen LogP contribution >= 0.6 is 0 Å². The Morgan fingerprint density at radius 1 is 0.846 bits per heavy atom. The molecule has 0 atom stereocenters. The van der Waals surface area contributed by atoms with Crippen molar-refractivity contribution >= 4 is 17.2 Å². The zero-order valence-electron chi connectivity index (χ0n) is 16.0. The van der Waals surface area contributed by atoms with E-state index in [-0.39, 0.29) is 22.6 Å². The molecule has 2 rings (SSSR count). The number of ketones is 1. The second-order valence-electron chi connectivity index (χ2n) is 8.50. The van der Waals surface area contributed by atoms with Gasteiger partial charge in [-0.2, -0.15) is 13.2 Å². The van der Waals surface area contributed by atoms with Crippen LogP contribution in [0.4, 0.5) is 18.9 Å². The van der Waals surface area contributed by atoms with E-state index in [9.17, 15) is 18.0 Å². The molecule has 1 aromatic rings. The van der Waals surface area contributed by atoms with E-state index >= 15 is 0 Å². The van der Waals surface area contributed by atoms with Crippen LogP contribution in [0.2, 0.25) is 0 Å². The first kappa shape index (κ1) is 20.1. The monoisotopic (exact) mass is 363 g/mol. The van der Waals surface area contributed by atoms with Crippen LogP contribution in [0.5, 0.6) is 0 Å². The number of halogens is 3. The Labute approximate surface area is 152 Å². The maximum absolute atomic E-state index is 13.3. The molecular formula is C21H24F3NO. The third-order valence-electron chi connectivity index (χ3n) is 4.19. The van der Waals surface area contributed by atoms with Gasteiger partial charge in [0.25, 0.3) is 0 Å². The molecule has 0 aliphatic heterocycles. The average Bonchev–Trinajstić information content (AvgIpc) is 2.46. The van der Waals surface area contributed by atoms with E-state index < -0.39 is 17.2 Å². The summed E-state index contributed by atoms with van der Waals surface area (Å²) in [6, 6.07) is 5.05. The molecule has 0 unspecified atom stereocenters. The SMILES string of the molecule is CC(C)(C)C1=CC(=Nc2ccccc2C(F)(F)F)C(=O)C(C(C)(C)C)=C1. The number of Topliss-reactive ketones (excluding diaryl/α,β-unsaturated/α-hetero) is 1. The van der Waals surface area contributed by atoms with Gasteiger partial charge in [-0.3, -0.25) is 4.79 Å². The predicted molar refractivity (Wildman–Crippen MR) is 98.6 cm³/mol. The summed E-state index contributed by atoms with van der Waals surface area (Å²) < 4.78 is 39.8. The van der Waals surface area contributed by atoms with Crippen molar-refractivity contribution in [3.05, 3.63) is 53.1 Å². The largest absolute Gasteiger partial charge is 0.418 e. The highest BCUT2D eigenvalue weighted by atomic mass is 19.4. The zero-order valence-corrected chi connectivity index (χ0v) is 16.0. The third kappa shape index (κ3) is 4.32. The summed E-state index contributed by atoms with van der Waals surface area (Å²) in [6.45, 7) is 11.7. The highest BCUT2D eigenvalue weighted by Gasteiger charge is 2.35. The molecule has 0 amide bonds. The first-order valence-electron chi connectivity index (χ1n) is 8.45. The number of rotatable bonds is 1. The number of allylic oxidation sites excluding steroid dienone is 4. The number of benzene rings is 1. The van der Waals surface area contributed by atoms with Gasteiger partial charge < -0.3 is 0 Å². The molecule has 2 nitrogen and oxygen atoms in total. The minimum atomic E-state index is -4.53. The molecule has 140 valence electrons. The van der Waals surface area contributed by atoms with Crippen molar-refractivity contribution in [2.45, 2.75) is 47.7 Å². The standard InChI is InChI=1S/C21H24F3NO/c1-19(2,3)13-11-15(20(4,5)6)18(26)17(12-13)25-16-10-8-7-9-14(16)21(22,23)24/h7-12H,1-6H3. The molecular weight excluding hydrogens is 339 g/mol. The molecule has 0 aromatic heterocycles. The van der Waals surface area contributed by atoms with Gasteiger partial charge in [0, 0.05) is 5.57 Å². The van der Waals surface area contributed by atoms with Crippen LogP contribution in [0.15, 0.2) is 52.6 Å². The topological polar surface area (TPSA) is 29.4 Å². The summed E-state index contributed by atoms with van der Waals surface area (Å²) in [5.74, 6) is -0.331. The maximum Gasteiger partial charge on any atom is 0.418 e. The third-order valence-corrected chi connectivity index (χ3v) is 4.19. The van der Waals surface area contributed by atoms with Crippen LogP contribution in [0.25, 0.3) is 0 Å². The van der Waals surface area contributed by atoms with Crippen LogP contribution < -0.4 is 0 Å². The van der Waals surface area contributed by atoms with Crippen molar-refractivity contribution in [1.82, 2.24) is 0 Å². The Bertz CT molecular complexity index is 813. The van der Waals surface area contributed by atoms with Gasteiger partial charge in [0.2, 0.25) is 5.78 Å². The van der Waals surface area contributed by atoms with E-state index in [1.165, 1.54) is 18.2 Å². The zero-order chi connectivity index (χ0) is 19.9. The summed E-state index contributed by atoms with van der Waals surface area (Å²) in [6.07, 6.45) is -1.08. The van der Waals surface area contributed by atoms with Crippen molar-refractivity contribution in [3.63, 3.8) is 0 Å². The van der Waals surface area contributed by atoms with E-state index in [0.29, 0.717) is 5.57 Å². The second-order valence-corrected chi connectivity index (χ2v) is 8.50. The molecule has 0 heterocycles. The lowest BCUT2D eigenvalue weighted by Gasteiger charge is -2.30. The predicted octanol–water partition coefficient (Wildman–Crippen LogP) is 6.31. The van der Waals surface area contributed by atoms with E-state index in [1.807, 2.05) is 47.6 Å². The number of carbonyl (C=O) groups is 1. The first-order valence-corrected chi connectivity index (χ1v) is 8.45. The Kier molecular flexibility index (Phi) is 5.06. The molecule has 0 radical (unpaired) electrons. The van der Waals surface area contributed by atoms with Crippen molar-refractivity contribution in [2.75, 3.05) is 0 Å². The van der Waals surface area contributed by atoms with Crippen LogP contribution in [0.1, 0.15) is 47.1 Å². The van der Waals surface area contributed by atoms with Gasteiger partial charge >= 0.3 is 6.18 Å². The Morgan fingerprint density at radius 3 is 1.92 bits per heavy atom. The van der Waals surface area contributed by atoms with Crippen molar-refractivity contribution < 1.29 is 18.0 Å². The van der Waals surface area contributed by atoms with Crippen LogP contribution in [0, 0.1) is 10.8 Å². The fourth-order valence-electron chi connectivity index (χ4n) is 2.63. The summed E-state index contributed by atoms with van der Waals surface area (Å²) >= 11 is 0. The number of hydrogen-bond donors (Lipinski definition) is 0. The van der Waals surface area contributed by atoms with Gasteiger partial charge in [0.1, 0.15) is 5.71 Å². The molecule has 1 aliphatic carbocycles. The van der Waals surface area contributed by atoms with Gasteiger partial charge in [0.15, 0.2) is 0 Å². The lowest BCUT2D eigenvalue weighted by molar-refractivity contribution is -0.137. The van der Waals surface area contributed by atoms with Gasteiger partial charge in [-0.25, -0.2) is 4.99 Å². The molecule has 1 aromatic carbocycles. The molecule has 26 heavy (non-hydrogen) atoms. The van der Waals surface area contributed by atoms with E-state index in [2.05, 4.69) is 4.99 Å². The van der Waals surface area contributed by atoms with Crippen molar-refractivity contribution in [3.8, 4) is 0 Å². The van der Waals surface area contributed by atoms with Gasteiger partial charge in [-0.05, 0) is 34.6 Å². The Hall–Kier alpha value is -2.17. The van der Waals surface area contributed by atoms with Crippen LogP contribution in [0.3, 0.4) is 0 Å². The fourth-order valence-corrected chi connectivity index (χ4v) is 2.63. The van der Waals surface area contributed by atoms with Gasteiger partial charge in [0.05, 0.1) is 11.3 Å². The molecule has 0 spiro atoms. The fraction of sp³-hybridized carbons (Fsp3) is 0.429. The van der Waals surface area contributed by atoms with Gasteiger partial charge in [-0.1, -0.05) is 59.8 Å². The summed E-state index contributed by atoms with van der Waals surface area (Å²) in [5.41, 5.74) is -0.341. The molecule has 0 saturated carbocycles. The minimum Gasteiger partial charge on any atom is -0.287 e. The number of carbonyl (C=O) groups excluding carboxylic acids is 1. The molecule has 5 heteroatoms. The number of alkyl halides is 3. The number of aliphatic imine (C=N–C) groups is 1. The lowest BCUT2D eigenvalue weighted by Crippen LogP contribution is -2.29. The van der Waals surface area contributed by atoms with Gasteiger partial charge in [-0.15, -0.1) is 0 Å². The average molecular weight is 363 g/mol. The van der Waals surface area contributed by atoms with Crippen LogP contribution in [-0.4, -0.2) is 11.5 Å². The first-order chi connectivity index (χ1) is 11.7. The highest BCUT2D eigenvalue weighted by molar-refractivity contribution is 6.51. The maximum atomic E-state index is 13.3. The summed E-state index contributed by atoms with van der Waals surface area (Å²) in [5, 5.41) is 0. The summed E-state index contributed by atoms with van der Waals surface area (Å²) in [4.78, 5) is 17.0. The van der Waals surface area contributed by atoms with Crippen molar-refractivity contribution in [1.29, 1.82) is 0 Å². The van der Waals surface area contributed by atoms with Crippen LogP contribution in [-0.2, 0) is 11.0 Å². The molecule has 1 aliphatic rings. The summed E-state index contributed by atoms with van der Waals surface area (Å²) in [7, 11) is 0. The van der Waals surface area contributed by atoms with E-state index in [1.54, 1.807) is 6.08 Å². The molecule has 0 N–H and O–H groups in total. The second kappa shape index (κ2) is 6.53. The number of hydrogen-bond acceptors (Lipinski definition) is 2.